The van der Waals surface area contributed by atoms with Gasteiger partial charge in [-0.05, 0) is 30.0 Å². The van der Waals surface area contributed by atoms with Gasteiger partial charge >= 0.3 is 0 Å². The lowest BCUT2D eigenvalue weighted by atomic mass is 10.0. The maximum absolute atomic E-state index is 11.8. The summed E-state index contributed by atoms with van der Waals surface area (Å²) in [6.45, 7) is 1.88. The largest absolute Gasteiger partial charge is 0.381 e. The number of ether oxygens (including phenoxy) is 1. The van der Waals surface area contributed by atoms with Crippen molar-refractivity contribution in [3.05, 3.63) is 35.4 Å². The molecule has 5 heteroatoms. The van der Waals surface area contributed by atoms with Crippen LogP contribution in [0.1, 0.15) is 28.8 Å². The van der Waals surface area contributed by atoms with Crippen LogP contribution >= 0.6 is 0 Å². The zero-order chi connectivity index (χ0) is 14.4. The highest BCUT2D eigenvalue weighted by Crippen LogP contribution is 2.16. The number of hydrogen-bond acceptors (Lipinski definition) is 3. The number of amides is 2. The van der Waals surface area contributed by atoms with Gasteiger partial charge in [0.15, 0.2) is 0 Å². The topological polar surface area (TPSA) is 67.4 Å². The molecule has 2 amide bonds. The lowest BCUT2D eigenvalue weighted by molar-refractivity contribution is -0.122. The Hall–Kier alpha value is -1.88. The first-order valence-electron chi connectivity index (χ1n) is 6.84. The van der Waals surface area contributed by atoms with Crippen molar-refractivity contribution in [2.24, 2.45) is 5.92 Å². The van der Waals surface area contributed by atoms with Crippen LogP contribution < -0.4 is 10.6 Å². The van der Waals surface area contributed by atoms with Crippen molar-refractivity contribution < 1.29 is 14.3 Å². The zero-order valence-electron chi connectivity index (χ0n) is 11.6. The monoisotopic (exact) mass is 276 g/mol. The van der Waals surface area contributed by atoms with Gasteiger partial charge in [-0.1, -0.05) is 12.1 Å². The second-order valence-corrected chi connectivity index (χ2v) is 4.99. The van der Waals surface area contributed by atoms with E-state index >= 15 is 0 Å². The minimum atomic E-state index is -0.124. The third kappa shape index (κ3) is 4.06. The number of hydrogen-bond donors (Lipinski definition) is 2. The highest BCUT2D eigenvalue weighted by molar-refractivity contribution is 5.94. The van der Waals surface area contributed by atoms with Crippen molar-refractivity contribution in [3.63, 3.8) is 0 Å². The normalized spacial score (nSPS) is 17.8. The molecule has 2 rings (SSSR count). The molecule has 1 atom stereocenters. The molecule has 1 saturated heterocycles. The predicted octanol–water partition coefficient (Wildman–Crippen LogP) is 1.09. The van der Waals surface area contributed by atoms with Crippen LogP contribution in [0.4, 0.5) is 0 Å². The van der Waals surface area contributed by atoms with Gasteiger partial charge < -0.3 is 15.4 Å². The van der Waals surface area contributed by atoms with Gasteiger partial charge in [-0.25, -0.2) is 0 Å². The van der Waals surface area contributed by atoms with Gasteiger partial charge in [-0.2, -0.15) is 0 Å². The van der Waals surface area contributed by atoms with Gasteiger partial charge in [0.05, 0.1) is 0 Å². The molecule has 0 aromatic heterocycles. The van der Waals surface area contributed by atoms with Crippen LogP contribution in [-0.2, 0) is 16.1 Å². The molecule has 0 saturated carbocycles. The van der Waals surface area contributed by atoms with E-state index in [1.807, 2.05) is 12.1 Å². The number of carbonyl (C=O) groups is 2. The summed E-state index contributed by atoms with van der Waals surface area (Å²) in [6, 6.07) is 7.25. The van der Waals surface area contributed by atoms with Gasteiger partial charge in [0, 0.05) is 38.8 Å². The zero-order valence-corrected chi connectivity index (χ0v) is 11.6. The molecule has 0 bridgehead atoms. The van der Waals surface area contributed by atoms with E-state index in [-0.39, 0.29) is 11.8 Å². The van der Waals surface area contributed by atoms with E-state index in [1.165, 1.54) is 0 Å². The Morgan fingerprint density at radius 3 is 2.95 bits per heavy atom. The first-order chi connectivity index (χ1) is 9.69. The molecule has 1 unspecified atom stereocenters. The summed E-state index contributed by atoms with van der Waals surface area (Å²) in [5, 5.41) is 5.47. The summed E-state index contributed by atoms with van der Waals surface area (Å²) in [7, 11) is 1.60. The highest BCUT2D eigenvalue weighted by Gasteiger charge is 2.18. The van der Waals surface area contributed by atoms with E-state index in [9.17, 15) is 9.59 Å². The standard InChI is InChI=1S/C15H20N2O3/c1-16-15(19)13-4-2-3-11(7-13)9-17-14(18)8-12-5-6-20-10-12/h2-4,7,12H,5-6,8-10H2,1H3,(H,16,19)(H,17,18). The van der Waals surface area contributed by atoms with Crippen LogP contribution in [0.3, 0.4) is 0 Å². The molecule has 5 nitrogen and oxygen atoms in total. The van der Waals surface area contributed by atoms with Gasteiger partial charge in [0.25, 0.3) is 5.91 Å². The Kier molecular flexibility index (Phi) is 5.12. The Labute approximate surface area is 118 Å². The minimum absolute atomic E-state index is 0.0332. The first kappa shape index (κ1) is 14.5. The second-order valence-electron chi connectivity index (χ2n) is 4.99. The van der Waals surface area contributed by atoms with Gasteiger partial charge in [-0.3, -0.25) is 9.59 Å². The number of nitrogens with one attached hydrogen (secondary N) is 2. The lowest BCUT2D eigenvalue weighted by Gasteiger charge is -2.09. The molecule has 20 heavy (non-hydrogen) atoms. The van der Waals surface area contributed by atoms with E-state index in [4.69, 9.17) is 4.74 Å². The SMILES string of the molecule is CNC(=O)c1cccc(CNC(=O)CC2CCOC2)c1. The molecule has 1 aliphatic rings. The number of benzene rings is 1. The van der Waals surface area contributed by atoms with Crippen molar-refractivity contribution in [1.29, 1.82) is 0 Å². The number of carbonyl (C=O) groups excluding carboxylic acids is 2. The van der Waals surface area contributed by atoms with Gasteiger partial charge in [-0.15, -0.1) is 0 Å². The third-order valence-corrected chi connectivity index (χ3v) is 3.40. The van der Waals surface area contributed by atoms with Gasteiger partial charge in [0.1, 0.15) is 0 Å². The Morgan fingerprint density at radius 2 is 2.25 bits per heavy atom. The maximum Gasteiger partial charge on any atom is 0.251 e. The molecule has 1 fully saturated rings. The molecule has 0 spiro atoms. The molecule has 1 aromatic rings. The van der Waals surface area contributed by atoms with Crippen LogP contribution in [0.5, 0.6) is 0 Å². The van der Waals surface area contributed by atoms with E-state index < -0.39 is 0 Å². The Balaban J connectivity index is 1.83. The summed E-state index contributed by atoms with van der Waals surface area (Å²) in [4.78, 5) is 23.3. The first-order valence-corrected chi connectivity index (χ1v) is 6.84. The van der Waals surface area contributed by atoms with Crippen molar-refractivity contribution in [2.75, 3.05) is 20.3 Å². The molecule has 0 radical (unpaired) electrons. The molecule has 1 heterocycles. The van der Waals surface area contributed by atoms with Crippen LogP contribution in [0, 0.1) is 5.92 Å². The van der Waals surface area contributed by atoms with E-state index in [1.54, 1.807) is 19.2 Å². The quantitative estimate of drug-likeness (QED) is 0.846. The van der Waals surface area contributed by atoms with Crippen molar-refractivity contribution in [1.82, 2.24) is 10.6 Å². The Morgan fingerprint density at radius 1 is 1.40 bits per heavy atom. The molecule has 2 N–H and O–H groups in total. The lowest BCUT2D eigenvalue weighted by Crippen LogP contribution is -2.25. The summed E-state index contributed by atoms with van der Waals surface area (Å²) in [5.74, 6) is 0.249. The van der Waals surface area contributed by atoms with Crippen LogP contribution in [0.15, 0.2) is 24.3 Å². The van der Waals surface area contributed by atoms with Gasteiger partial charge in [0.2, 0.25) is 5.91 Å². The van der Waals surface area contributed by atoms with Crippen LogP contribution in [0.2, 0.25) is 0 Å². The predicted molar refractivity (Wildman–Crippen MR) is 75.2 cm³/mol. The summed E-state index contributed by atoms with van der Waals surface area (Å²) < 4.78 is 5.25. The summed E-state index contributed by atoms with van der Waals surface area (Å²) in [6.07, 6.45) is 1.47. The average Bonchev–Trinajstić information content (AvgIpc) is 2.97. The third-order valence-electron chi connectivity index (χ3n) is 3.40. The smallest absolute Gasteiger partial charge is 0.251 e. The molecular formula is C15H20N2O3. The van der Waals surface area contributed by atoms with E-state index in [0.717, 1.165) is 18.6 Å². The van der Waals surface area contributed by atoms with Crippen molar-refractivity contribution in [2.45, 2.75) is 19.4 Å². The van der Waals surface area contributed by atoms with Crippen LogP contribution in [0.25, 0.3) is 0 Å². The second kappa shape index (κ2) is 7.05. The fraction of sp³-hybridized carbons (Fsp3) is 0.467. The summed E-state index contributed by atoms with van der Waals surface area (Å²) >= 11 is 0. The molecule has 108 valence electrons. The molecule has 1 aliphatic heterocycles. The van der Waals surface area contributed by atoms with Crippen molar-refractivity contribution in [3.8, 4) is 0 Å². The fourth-order valence-corrected chi connectivity index (χ4v) is 2.25. The van der Waals surface area contributed by atoms with E-state index in [0.29, 0.717) is 31.1 Å². The molecule has 1 aromatic carbocycles. The molecular weight excluding hydrogens is 256 g/mol. The van der Waals surface area contributed by atoms with Crippen molar-refractivity contribution >= 4 is 11.8 Å². The highest BCUT2D eigenvalue weighted by atomic mass is 16.5. The number of rotatable bonds is 5. The fourth-order valence-electron chi connectivity index (χ4n) is 2.25. The summed E-state index contributed by atoms with van der Waals surface area (Å²) in [5.41, 5.74) is 1.52. The van der Waals surface area contributed by atoms with E-state index in [2.05, 4.69) is 10.6 Å². The average molecular weight is 276 g/mol. The van der Waals surface area contributed by atoms with Crippen LogP contribution in [-0.4, -0.2) is 32.1 Å². The molecule has 0 aliphatic carbocycles. The minimum Gasteiger partial charge on any atom is -0.381 e. The maximum atomic E-state index is 11.8. The Bertz CT molecular complexity index is 482.